The maximum absolute atomic E-state index is 12.7. The minimum absolute atomic E-state index is 0.216. The summed E-state index contributed by atoms with van der Waals surface area (Å²) in [4.78, 5) is 25.1. The van der Waals surface area contributed by atoms with Gasteiger partial charge in [0.25, 0.3) is 0 Å². The number of ether oxygens (including phenoxy) is 4. The minimum Gasteiger partial charge on any atom is -0.462 e. The summed E-state index contributed by atoms with van der Waals surface area (Å²) in [6.07, 6.45) is 23.4. The van der Waals surface area contributed by atoms with Crippen LogP contribution in [0.1, 0.15) is 155 Å². The summed E-state index contributed by atoms with van der Waals surface area (Å²) in [6.45, 7) is 3.34. The van der Waals surface area contributed by atoms with Crippen molar-refractivity contribution in [2.24, 2.45) is 0 Å². The first-order valence-corrected chi connectivity index (χ1v) is 19.4. The van der Waals surface area contributed by atoms with E-state index in [1.165, 1.54) is 64.2 Å². The predicted octanol–water partition coefficient (Wildman–Crippen LogP) is 6.99. The molecule has 10 heteroatoms. The third kappa shape index (κ3) is 23.3. The smallest absolute Gasteiger partial charge is 0.306 e. The Morgan fingerprint density at radius 1 is 0.633 bits per heavy atom. The Hall–Kier alpha value is -1.82. The van der Waals surface area contributed by atoms with Crippen LogP contribution in [-0.2, 0) is 28.5 Å². The normalized spacial score (nSPS) is 21.8. The van der Waals surface area contributed by atoms with E-state index < -0.39 is 49.4 Å². The highest BCUT2D eigenvalue weighted by atomic mass is 16.7. The average Bonchev–Trinajstić information content (AvgIpc) is 3.10. The first-order valence-electron chi connectivity index (χ1n) is 19.4. The molecule has 0 saturated carbocycles. The molecular weight excluding hydrogens is 628 g/mol. The van der Waals surface area contributed by atoms with Gasteiger partial charge in [-0.15, -0.1) is 0 Å². The third-order valence-electron chi connectivity index (χ3n) is 8.84. The van der Waals surface area contributed by atoms with Crippen molar-refractivity contribution >= 4 is 11.9 Å². The number of carbonyl (C=O) groups is 2. The standard InChI is InChI=1S/C39H70O10/c1-3-5-7-9-11-13-14-15-16-17-18-20-22-24-26-28-35(42)48-32(31-47-39-38(45)37(44)36(43)33(29-40)49-39)30-46-34(41)27-25-23-21-19-12-10-8-6-4-2/h11,13,15-16,32-33,36-40,43-45H,3-10,12,14,17-31H2,1-2H3/b13-11+,16-15+/t32-,33-,36+,37?,38?,39-/m1/s1. The topological polar surface area (TPSA) is 152 Å². The van der Waals surface area contributed by atoms with Gasteiger partial charge >= 0.3 is 11.9 Å². The molecule has 1 aliphatic heterocycles. The van der Waals surface area contributed by atoms with Crippen molar-refractivity contribution in [3.63, 3.8) is 0 Å². The number of rotatable bonds is 31. The van der Waals surface area contributed by atoms with E-state index in [2.05, 4.69) is 38.2 Å². The molecule has 0 bridgehead atoms. The van der Waals surface area contributed by atoms with Crippen LogP contribution < -0.4 is 0 Å². The van der Waals surface area contributed by atoms with Gasteiger partial charge in [0.15, 0.2) is 12.4 Å². The van der Waals surface area contributed by atoms with Crippen molar-refractivity contribution in [1.82, 2.24) is 0 Å². The second-order valence-corrected chi connectivity index (χ2v) is 13.4. The summed E-state index contributed by atoms with van der Waals surface area (Å²) < 4.78 is 22.0. The Balaban J connectivity index is 2.40. The molecule has 1 saturated heterocycles. The van der Waals surface area contributed by atoms with Crippen LogP contribution in [0.4, 0.5) is 0 Å². The van der Waals surface area contributed by atoms with Crippen LogP contribution in [0.2, 0.25) is 0 Å². The summed E-state index contributed by atoms with van der Waals surface area (Å²) >= 11 is 0. The van der Waals surface area contributed by atoms with E-state index in [0.717, 1.165) is 57.8 Å². The van der Waals surface area contributed by atoms with Crippen molar-refractivity contribution in [2.75, 3.05) is 19.8 Å². The van der Waals surface area contributed by atoms with Crippen LogP contribution >= 0.6 is 0 Å². The molecule has 0 aliphatic carbocycles. The Kier molecular flexibility index (Phi) is 28.6. The van der Waals surface area contributed by atoms with Gasteiger partial charge in [0, 0.05) is 12.8 Å². The van der Waals surface area contributed by atoms with Crippen LogP contribution in [0.3, 0.4) is 0 Å². The first-order chi connectivity index (χ1) is 23.8. The highest BCUT2D eigenvalue weighted by Gasteiger charge is 2.44. The van der Waals surface area contributed by atoms with Crippen molar-refractivity contribution in [3.05, 3.63) is 24.3 Å². The van der Waals surface area contributed by atoms with Gasteiger partial charge in [0.05, 0.1) is 13.2 Å². The number of esters is 2. The molecule has 0 spiro atoms. The zero-order valence-corrected chi connectivity index (χ0v) is 30.7. The molecule has 0 aromatic carbocycles. The summed E-state index contributed by atoms with van der Waals surface area (Å²) in [5.41, 5.74) is 0. The second kappa shape index (κ2) is 31.0. The van der Waals surface area contributed by atoms with Crippen molar-refractivity contribution < 1.29 is 49.0 Å². The number of aliphatic hydroxyl groups is 4. The lowest BCUT2D eigenvalue weighted by molar-refractivity contribution is -0.305. The van der Waals surface area contributed by atoms with Crippen molar-refractivity contribution in [2.45, 2.75) is 192 Å². The van der Waals surface area contributed by atoms with Crippen LogP contribution in [0.15, 0.2) is 24.3 Å². The van der Waals surface area contributed by atoms with Crippen molar-refractivity contribution in [1.29, 1.82) is 0 Å². The molecule has 1 fully saturated rings. The largest absolute Gasteiger partial charge is 0.462 e. The van der Waals surface area contributed by atoms with E-state index >= 15 is 0 Å². The van der Waals surface area contributed by atoms with E-state index in [1.54, 1.807) is 0 Å². The molecule has 0 aromatic heterocycles. The van der Waals surface area contributed by atoms with Gasteiger partial charge in [-0.3, -0.25) is 9.59 Å². The molecule has 49 heavy (non-hydrogen) atoms. The highest BCUT2D eigenvalue weighted by molar-refractivity contribution is 5.70. The van der Waals surface area contributed by atoms with Gasteiger partial charge in [-0.05, 0) is 44.9 Å². The molecule has 1 aliphatic rings. The fraction of sp³-hybridized carbons (Fsp3) is 0.846. The Morgan fingerprint density at radius 3 is 1.73 bits per heavy atom. The zero-order valence-electron chi connectivity index (χ0n) is 30.7. The Bertz CT molecular complexity index is 861. The summed E-state index contributed by atoms with van der Waals surface area (Å²) in [6, 6.07) is 0. The van der Waals surface area contributed by atoms with E-state index in [4.69, 9.17) is 18.9 Å². The van der Waals surface area contributed by atoms with E-state index in [0.29, 0.717) is 6.42 Å². The van der Waals surface area contributed by atoms with Gasteiger partial charge in [-0.2, -0.15) is 0 Å². The second-order valence-electron chi connectivity index (χ2n) is 13.4. The van der Waals surface area contributed by atoms with Crippen LogP contribution in [0.25, 0.3) is 0 Å². The van der Waals surface area contributed by atoms with Gasteiger partial charge in [-0.25, -0.2) is 0 Å². The monoisotopic (exact) mass is 698 g/mol. The average molecular weight is 699 g/mol. The van der Waals surface area contributed by atoms with E-state index in [-0.39, 0.29) is 32.0 Å². The maximum Gasteiger partial charge on any atom is 0.306 e. The predicted molar refractivity (Wildman–Crippen MR) is 192 cm³/mol. The van der Waals surface area contributed by atoms with Crippen molar-refractivity contribution in [3.8, 4) is 0 Å². The molecule has 1 heterocycles. The number of aliphatic hydroxyl groups excluding tert-OH is 4. The fourth-order valence-corrected chi connectivity index (χ4v) is 5.69. The zero-order chi connectivity index (χ0) is 36.0. The first kappa shape index (κ1) is 45.2. The number of allylic oxidation sites excluding steroid dienone is 4. The highest BCUT2D eigenvalue weighted by Crippen LogP contribution is 2.22. The van der Waals surface area contributed by atoms with Gasteiger partial charge in [0.1, 0.15) is 31.0 Å². The van der Waals surface area contributed by atoms with Crippen LogP contribution in [-0.4, -0.2) is 89.0 Å². The number of hydrogen-bond donors (Lipinski definition) is 4. The maximum atomic E-state index is 12.7. The van der Waals surface area contributed by atoms with Crippen LogP contribution in [0, 0.1) is 0 Å². The fourth-order valence-electron chi connectivity index (χ4n) is 5.69. The minimum atomic E-state index is -1.59. The molecule has 1 rings (SSSR count). The molecule has 4 N–H and O–H groups in total. The SMILES string of the molecule is CCCCC/C=C/C/C=C/CCCCCCCC(=O)O[C@H](COC(=O)CCCCCCCCCCC)CO[C@@H]1O[C@H](CO)[C@H](O)C(O)C1O. The van der Waals surface area contributed by atoms with Crippen LogP contribution in [0.5, 0.6) is 0 Å². The molecule has 0 aromatic rings. The van der Waals surface area contributed by atoms with Gasteiger partial charge in [0.2, 0.25) is 0 Å². The molecule has 0 amide bonds. The van der Waals surface area contributed by atoms with E-state index in [9.17, 15) is 30.0 Å². The summed E-state index contributed by atoms with van der Waals surface area (Å²) in [5, 5.41) is 39.9. The van der Waals surface area contributed by atoms with Gasteiger partial charge < -0.3 is 39.4 Å². The number of unbranched alkanes of at least 4 members (excludes halogenated alkanes) is 16. The van der Waals surface area contributed by atoms with Gasteiger partial charge in [-0.1, -0.05) is 122 Å². The lowest BCUT2D eigenvalue weighted by Gasteiger charge is -2.39. The molecule has 0 radical (unpaired) electrons. The quantitative estimate of drug-likeness (QED) is 0.0339. The molecule has 10 nitrogen and oxygen atoms in total. The summed E-state index contributed by atoms with van der Waals surface area (Å²) in [7, 11) is 0. The molecular formula is C39H70O10. The van der Waals surface area contributed by atoms with E-state index in [1.807, 2.05) is 0 Å². The Labute approximate surface area is 296 Å². The third-order valence-corrected chi connectivity index (χ3v) is 8.84. The molecule has 6 atom stereocenters. The number of hydrogen-bond acceptors (Lipinski definition) is 10. The summed E-state index contributed by atoms with van der Waals surface area (Å²) in [5.74, 6) is -0.825. The molecule has 2 unspecified atom stereocenters. The lowest BCUT2D eigenvalue weighted by atomic mass is 9.99. The Morgan fingerprint density at radius 2 is 1.14 bits per heavy atom. The lowest BCUT2D eigenvalue weighted by Crippen LogP contribution is -2.59. The number of carbonyl (C=O) groups excluding carboxylic acids is 2. The molecule has 286 valence electrons.